The normalized spacial score (nSPS) is 11.9. The van der Waals surface area contributed by atoms with Crippen LogP contribution >= 0.6 is 0 Å². The molecule has 152 valence electrons. The molecule has 0 radical (unpaired) electrons. The molecule has 0 bridgehead atoms. The third kappa shape index (κ3) is 6.50. The average molecular weight is 417 g/mol. The maximum absolute atomic E-state index is 12.6. The van der Waals surface area contributed by atoms with Crippen LogP contribution in [0.2, 0.25) is 0 Å². The van der Waals surface area contributed by atoms with Crippen molar-refractivity contribution in [2.45, 2.75) is 31.5 Å². The fourth-order valence-corrected chi connectivity index (χ4v) is 3.51. The highest BCUT2D eigenvalue weighted by molar-refractivity contribution is 7.89. The van der Waals surface area contributed by atoms with Crippen LogP contribution < -0.4 is 14.8 Å². The largest absolute Gasteiger partial charge is 0.468 e. The van der Waals surface area contributed by atoms with Crippen molar-refractivity contribution in [2.24, 2.45) is 0 Å². The monoisotopic (exact) mass is 417 g/mol. The van der Waals surface area contributed by atoms with E-state index in [1.807, 2.05) is 0 Å². The van der Waals surface area contributed by atoms with Gasteiger partial charge in [0.15, 0.2) is 6.61 Å². The molecule has 0 aliphatic carbocycles. The Hall–Kier alpha value is -2.66. The predicted octanol–water partition coefficient (Wildman–Crippen LogP) is 2.77. The van der Waals surface area contributed by atoms with E-state index in [0.29, 0.717) is 16.8 Å². The topological polar surface area (TPSA) is 97.4 Å². The van der Waals surface area contributed by atoms with Crippen LogP contribution in [0.4, 0.5) is 18.9 Å². The van der Waals surface area contributed by atoms with E-state index >= 15 is 0 Å². The number of ether oxygens (including phenoxy) is 1. The van der Waals surface area contributed by atoms with Crippen molar-refractivity contribution in [3.63, 3.8) is 0 Å². The molecule has 0 unspecified atom stereocenters. The van der Waals surface area contributed by atoms with Crippen molar-refractivity contribution >= 4 is 21.6 Å². The van der Waals surface area contributed by atoms with Gasteiger partial charge in [0.25, 0.3) is 0 Å². The highest BCUT2D eigenvalue weighted by Crippen LogP contribution is 2.21. The molecule has 0 saturated heterocycles. The Kier molecular flexibility index (Phi) is 6.62. The second-order valence-electron chi connectivity index (χ2n) is 5.89. The zero-order valence-corrected chi connectivity index (χ0v) is 15.8. The number of nitrogens with one attached hydrogen (secondary N) is 2. The zero-order chi connectivity index (χ0) is 20.9. The minimum absolute atomic E-state index is 0.0265. The fourth-order valence-electron chi connectivity index (χ4n) is 2.22. The molecule has 1 aromatic carbocycles. The standard InChI is InChI=1S/C17H18F3N3O4S/c1-11-3-4-14(23-12(2)24)8-15(11)28(25,26)22-9-13-5-6-21-16(7-13)27-10-17(18,19)20/h3-8,22H,9-10H2,1-2H3,(H,23,24). The number of carbonyl (C=O) groups is 1. The lowest BCUT2D eigenvalue weighted by Crippen LogP contribution is -2.24. The molecule has 28 heavy (non-hydrogen) atoms. The minimum Gasteiger partial charge on any atom is -0.468 e. The number of carbonyl (C=O) groups excluding carboxylic acids is 1. The van der Waals surface area contributed by atoms with Gasteiger partial charge in [-0.25, -0.2) is 18.1 Å². The lowest BCUT2D eigenvalue weighted by atomic mass is 10.2. The van der Waals surface area contributed by atoms with Crippen LogP contribution in [0, 0.1) is 6.92 Å². The summed E-state index contributed by atoms with van der Waals surface area (Å²) in [6.45, 7) is 1.22. The number of alkyl halides is 3. The lowest BCUT2D eigenvalue weighted by molar-refractivity contribution is -0.154. The first-order valence-electron chi connectivity index (χ1n) is 7.99. The second kappa shape index (κ2) is 8.57. The van der Waals surface area contributed by atoms with Crippen molar-refractivity contribution in [1.29, 1.82) is 0 Å². The number of anilines is 1. The first-order valence-corrected chi connectivity index (χ1v) is 9.47. The molecular formula is C17H18F3N3O4S. The first-order chi connectivity index (χ1) is 13.0. The molecule has 0 fully saturated rings. The maximum atomic E-state index is 12.6. The quantitative estimate of drug-likeness (QED) is 0.722. The van der Waals surface area contributed by atoms with Gasteiger partial charge in [0.1, 0.15) is 0 Å². The number of halogens is 3. The number of pyridine rings is 1. The van der Waals surface area contributed by atoms with Gasteiger partial charge >= 0.3 is 6.18 Å². The van der Waals surface area contributed by atoms with Gasteiger partial charge < -0.3 is 10.1 Å². The Morgan fingerprint density at radius 2 is 1.93 bits per heavy atom. The number of nitrogens with zero attached hydrogens (tertiary/aromatic N) is 1. The Labute approximate surface area is 160 Å². The Morgan fingerprint density at radius 1 is 1.21 bits per heavy atom. The molecule has 0 saturated carbocycles. The minimum atomic E-state index is -4.50. The molecule has 1 amide bonds. The van der Waals surface area contributed by atoms with Gasteiger partial charge in [-0.1, -0.05) is 6.07 Å². The Morgan fingerprint density at radius 3 is 2.57 bits per heavy atom. The van der Waals surface area contributed by atoms with Crippen LogP contribution in [0.5, 0.6) is 5.88 Å². The summed E-state index contributed by atoms with van der Waals surface area (Å²) in [5, 5.41) is 2.50. The number of amides is 1. The van der Waals surface area contributed by atoms with E-state index in [1.54, 1.807) is 19.1 Å². The Balaban J connectivity index is 2.12. The fraction of sp³-hybridized carbons (Fsp3) is 0.294. The third-order valence-electron chi connectivity index (χ3n) is 3.45. The number of aryl methyl sites for hydroxylation is 1. The molecule has 2 N–H and O–H groups in total. The Bertz CT molecular complexity index is 962. The zero-order valence-electron chi connectivity index (χ0n) is 15.0. The van der Waals surface area contributed by atoms with E-state index in [-0.39, 0.29) is 23.2 Å². The summed E-state index contributed by atoms with van der Waals surface area (Å²) in [5.41, 5.74) is 1.15. The van der Waals surface area contributed by atoms with Crippen molar-refractivity contribution in [3.8, 4) is 5.88 Å². The number of hydrogen-bond acceptors (Lipinski definition) is 5. The molecule has 2 rings (SSSR count). The number of sulfonamides is 1. The van der Waals surface area contributed by atoms with Crippen LogP contribution in [0.25, 0.3) is 0 Å². The molecule has 7 nitrogen and oxygen atoms in total. The molecule has 0 atom stereocenters. The number of aromatic nitrogens is 1. The highest BCUT2D eigenvalue weighted by atomic mass is 32.2. The summed E-state index contributed by atoms with van der Waals surface area (Å²) < 4.78 is 68.7. The third-order valence-corrected chi connectivity index (χ3v) is 4.99. The van der Waals surface area contributed by atoms with Crippen molar-refractivity contribution in [3.05, 3.63) is 47.7 Å². The van der Waals surface area contributed by atoms with Crippen molar-refractivity contribution < 1.29 is 31.1 Å². The van der Waals surface area contributed by atoms with Crippen LogP contribution in [0.1, 0.15) is 18.1 Å². The lowest BCUT2D eigenvalue weighted by Gasteiger charge is -2.12. The maximum Gasteiger partial charge on any atom is 0.422 e. The SMILES string of the molecule is CC(=O)Nc1ccc(C)c(S(=O)(=O)NCc2ccnc(OCC(F)(F)F)c2)c1. The second-order valence-corrected chi connectivity index (χ2v) is 7.63. The van der Waals surface area contributed by atoms with E-state index < -0.39 is 22.8 Å². The summed E-state index contributed by atoms with van der Waals surface area (Å²) in [6.07, 6.45) is -3.28. The van der Waals surface area contributed by atoms with E-state index in [4.69, 9.17) is 0 Å². The van der Waals surface area contributed by atoms with Gasteiger partial charge in [0.2, 0.25) is 21.8 Å². The van der Waals surface area contributed by atoms with Gasteiger partial charge in [0.05, 0.1) is 4.90 Å². The van der Waals surface area contributed by atoms with Crippen molar-refractivity contribution in [2.75, 3.05) is 11.9 Å². The van der Waals surface area contributed by atoms with Crippen LogP contribution in [0.15, 0.2) is 41.4 Å². The van der Waals surface area contributed by atoms with Gasteiger partial charge in [-0.3, -0.25) is 4.79 Å². The summed E-state index contributed by atoms with van der Waals surface area (Å²) in [5.74, 6) is -0.610. The molecule has 0 aliphatic heterocycles. The summed E-state index contributed by atoms with van der Waals surface area (Å²) in [6, 6.07) is 7.11. The highest BCUT2D eigenvalue weighted by Gasteiger charge is 2.28. The molecule has 2 aromatic rings. The van der Waals surface area contributed by atoms with Crippen LogP contribution in [0.3, 0.4) is 0 Å². The first kappa shape index (κ1) is 21.6. The number of hydrogen-bond donors (Lipinski definition) is 2. The van der Waals surface area contributed by atoms with Gasteiger partial charge in [-0.05, 0) is 36.2 Å². The van der Waals surface area contributed by atoms with Crippen molar-refractivity contribution in [1.82, 2.24) is 9.71 Å². The molecule has 1 heterocycles. The van der Waals surface area contributed by atoms with Crippen LogP contribution in [-0.2, 0) is 21.4 Å². The summed E-state index contributed by atoms with van der Waals surface area (Å²) in [4.78, 5) is 14.8. The van der Waals surface area contributed by atoms with E-state index in [2.05, 4.69) is 19.8 Å². The molecule has 0 aliphatic rings. The molecular weight excluding hydrogens is 399 g/mol. The van der Waals surface area contributed by atoms with Crippen LogP contribution in [-0.4, -0.2) is 32.1 Å². The average Bonchev–Trinajstić information content (AvgIpc) is 2.59. The summed E-state index contributed by atoms with van der Waals surface area (Å²) in [7, 11) is -3.94. The van der Waals surface area contributed by atoms with E-state index in [9.17, 15) is 26.4 Å². The number of rotatable bonds is 7. The molecule has 1 aromatic heterocycles. The van der Waals surface area contributed by atoms with E-state index in [0.717, 1.165) is 0 Å². The van der Waals surface area contributed by atoms with Gasteiger partial charge in [0, 0.05) is 31.4 Å². The van der Waals surface area contributed by atoms with Gasteiger partial charge in [-0.15, -0.1) is 0 Å². The van der Waals surface area contributed by atoms with Gasteiger partial charge in [-0.2, -0.15) is 13.2 Å². The number of benzene rings is 1. The van der Waals surface area contributed by atoms with E-state index in [1.165, 1.54) is 31.3 Å². The molecule has 0 spiro atoms. The summed E-state index contributed by atoms with van der Waals surface area (Å²) >= 11 is 0. The molecule has 11 heteroatoms. The predicted molar refractivity (Wildman–Crippen MR) is 95.3 cm³/mol. The smallest absolute Gasteiger partial charge is 0.422 e.